The molecule has 0 radical (unpaired) electrons. The fourth-order valence-electron chi connectivity index (χ4n) is 3.49. The molecular weight excluding hydrogens is 366 g/mol. The van der Waals surface area contributed by atoms with E-state index in [4.69, 9.17) is 4.42 Å². The molecule has 1 amide bonds. The fraction of sp³-hybridized carbons (Fsp3) is 0.227. The maximum atomic E-state index is 12.6. The van der Waals surface area contributed by atoms with Crippen LogP contribution in [0.1, 0.15) is 21.9 Å². The van der Waals surface area contributed by atoms with Gasteiger partial charge in [0.2, 0.25) is 0 Å². The number of nitrogens with one attached hydrogen (secondary N) is 1. The van der Waals surface area contributed by atoms with Gasteiger partial charge < -0.3 is 9.73 Å². The van der Waals surface area contributed by atoms with Crippen LogP contribution in [0.2, 0.25) is 0 Å². The molecule has 0 unspecified atom stereocenters. The number of carbonyl (C=O) groups is 1. The number of hydrogen-bond acceptors (Lipinski definition) is 4. The van der Waals surface area contributed by atoms with Gasteiger partial charge in [0, 0.05) is 24.8 Å². The zero-order chi connectivity index (χ0) is 20.4. The second-order valence-corrected chi connectivity index (χ2v) is 6.91. The van der Waals surface area contributed by atoms with E-state index in [2.05, 4.69) is 15.5 Å². The molecule has 29 heavy (non-hydrogen) atoms. The van der Waals surface area contributed by atoms with Crippen LogP contribution in [0.25, 0.3) is 22.6 Å². The zero-order valence-corrected chi connectivity index (χ0v) is 16.7. The number of aryl methyl sites for hydroxylation is 2. The van der Waals surface area contributed by atoms with Gasteiger partial charge >= 0.3 is 0 Å². The highest BCUT2D eigenvalue weighted by atomic mass is 16.3. The molecule has 0 atom stereocenters. The molecule has 4 aromatic rings. The van der Waals surface area contributed by atoms with Crippen LogP contribution in [0.15, 0.2) is 59.2 Å². The third kappa shape index (κ3) is 3.71. The molecule has 0 aliphatic carbocycles. The maximum absolute atomic E-state index is 12.6. The highest BCUT2D eigenvalue weighted by Gasteiger charge is 2.17. The lowest BCUT2D eigenvalue weighted by Crippen LogP contribution is -2.29. The molecule has 0 bridgehead atoms. The number of aromatic nitrogens is 4. The number of benzene rings is 1. The zero-order valence-electron chi connectivity index (χ0n) is 16.7. The summed E-state index contributed by atoms with van der Waals surface area (Å²) in [5.41, 5.74) is 5.20. The topological polar surface area (TPSA) is 77.9 Å². The van der Waals surface area contributed by atoms with Crippen molar-refractivity contribution >= 4 is 5.91 Å². The monoisotopic (exact) mass is 389 g/mol. The van der Waals surface area contributed by atoms with Crippen LogP contribution in [0.4, 0.5) is 0 Å². The standard InChI is InChI=1S/C22H23N5O2/c1-15-21(20-10-7-13-29-20)16(2)27(24-15)12-11-23-22(28)19-14-18(25-26(19)3)17-8-5-4-6-9-17/h4-10,13-14H,11-12H2,1-3H3,(H,23,28). The largest absolute Gasteiger partial charge is 0.464 e. The summed E-state index contributed by atoms with van der Waals surface area (Å²) in [4.78, 5) is 12.6. The molecule has 4 rings (SSSR count). The molecule has 0 aliphatic heterocycles. The molecule has 0 fully saturated rings. The van der Waals surface area contributed by atoms with E-state index >= 15 is 0 Å². The van der Waals surface area contributed by atoms with Crippen LogP contribution in [0, 0.1) is 13.8 Å². The molecule has 0 spiro atoms. The van der Waals surface area contributed by atoms with Crippen molar-refractivity contribution in [2.24, 2.45) is 7.05 Å². The molecule has 1 N–H and O–H groups in total. The first-order valence-corrected chi connectivity index (χ1v) is 9.50. The lowest BCUT2D eigenvalue weighted by atomic mass is 10.1. The Morgan fingerprint density at radius 3 is 2.62 bits per heavy atom. The number of amides is 1. The summed E-state index contributed by atoms with van der Waals surface area (Å²) in [6.07, 6.45) is 1.66. The first kappa shape index (κ1) is 18.7. The van der Waals surface area contributed by atoms with Gasteiger partial charge in [0.1, 0.15) is 11.5 Å². The molecule has 0 saturated heterocycles. The molecule has 7 nitrogen and oxygen atoms in total. The van der Waals surface area contributed by atoms with Crippen LogP contribution < -0.4 is 5.32 Å². The van der Waals surface area contributed by atoms with Crippen LogP contribution in [-0.2, 0) is 13.6 Å². The van der Waals surface area contributed by atoms with E-state index in [1.54, 1.807) is 18.0 Å². The second-order valence-electron chi connectivity index (χ2n) is 6.91. The van der Waals surface area contributed by atoms with Gasteiger partial charge in [0.15, 0.2) is 0 Å². The predicted octanol–water partition coefficient (Wildman–Crippen LogP) is 3.59. The Bertz CT molecular complexity index is 1120. The van der Waals surface area contributed by atoms with Crippen LogP contribution in [-0.4, -0.2) is 32.0 Å². The summed E-state index contributed by atoms with van der Waals surface area (Å²) < 4.78 is 9.02. The first-order valence-electron chi connectivity index (χ1n) is 9.50. The van der Waals surface area contributed by atoms with Crippen molar-refractivity contribution in [3.05, 3.63) is 71.9 Å². The normalized spacial score (nSPS) is 11.0. The third-order valence-electron chi connectivity index (χ3n) is 4.94. The van der Waals surface area contributed by atoms with Gasteiger partial charge in [-0.15, -0.1) is 0 Å². The second kappa shape index (κ2) is 7.79. The SMILES string of the molecule is Cc1nn(CCNC(=O)c2cc(-c3ccccc3)nn2C)c(C)c1-c1ccco1. The average molecular weight is 389 g/mol. The van der Waals surface area contributed by atoms with Gasteiger partial charge in [0.05, 0.1) is 29.8 Å². The van der Waals surface area contributed by atoms with E-state index in [0.717, 1.165) is 34.0 Å². The maximum Gasteiger partial charge on any atom is 0.269 e. The fourth-order valence-corrected chi connectivity index (χ4v) is 3.49. The lowest BCUT2D eigenvalue weighted by Gasteiger charge is -2.07. The summed E-state index contributed by atoms with van der Waals surface area (Å²) in [6, 6.07) is 15.4. The number of rotatable bonds is 6. The molecule has 3 aromatic heterocycles. The molecule has 7 heteroatoms. The van der Waals surface area contributed by atoms with Crippen molar-refractivity contribution in [3.8, 4) is 22.6 Å². The number of nitrogens with zero attached hydrogens (tertiary/aromatic N) is 4. The molecular formula is C22H23N5O2. The minimum absolute atomic E-state index is 0.157. The van der Waals surface area contributed by atoms with Crippen molar-refractivity contribution in [2.75, 3.05) is 6.54 Å². The molecule has 0 aliphatic rings. The molecule has 3 heterocycles. The van der Waals surface area contributed by atoms with Crippen LogP contribution >= 0.6 is 0 Å². The van der Waals surface area contributed by atoms with E-state index in [1.807, 2.05) is 67.1 Å². The van der Waals surface area contributed by atoms with Crippen molar-refractivity contribution < 1.29 is 9.21 Å². The van der Waals surface area contributed by atoms with E-state index in [-0.39, 0.29) is 5.91 Å². The van der Waals surface area contributed by atoms with Gasteiger partial charge in [-0.2, -0.15) is 10.2 Å². The van der Waals surface area contributed by atoms with Crippen molar-refractivity contribution in [2.45, 2.75) is 20.4 Å². The summed E-state index contributed by atoms with van der Waals surface area (Å²) in [5, 5.41) is 12.0. The minimum Gasteiger partial charge on any atom is -0.464 e. The van der Waals surface area contributed by atoms with Crippen LogP contribution in [0.5, 0.6) is 0 Å². The molecule has 148 valence electrons. The summed E-state index contributed by atoms with van der Waals surface area (Å²) in [5.74, 6) is 0.647. The van der Waals surface area contributed by atoms with Gasteiger partial charge in [0.25, 0.3) is 5.91 Å². The number of furan rings is 1. The highest BCUT2D eigenvalue weighted by molar-refractivity contribution is 5.93. The predicted molar refractivity (Wildman–Crippen MR) is 110 cm³/mol. The van der Waals surface area contributed by atoms with E-state index in [9.17, 15) is 4.79 Å². The van der Waals surface area contributed by atoms with Gasteiger partial charge in [-0.05, 0) is 32.0 Å². The Morgan fingerprint density at radius 1 is 1.10 bits per heavy atom. The van der Waals surface area contributed by atoms with Gasteiger partial charge in [-0.25, -0.2) is 0 Å². The smallest absolute Gasteiger partial charge is 0.269 e. The number of carbonyl (C=O) groups excluding carboxylic acids is 1. The number of hydrogen-bond donors (Lipinski definition) is 1. The van der Waals surface area contributed by atoms with E-state index in [0.29, 0.717) is 18.8 Å². The molecule has 1 aromatic carbocycles. The summed E-state index contributed by atoms with van der Waals surface area (Å²) in [6.45, 7) is 5.00. The Morgan fingerprint density at radius 2 is 1.90 bits per heavy atom. The van der Waals surface area contributed by atoms with Crippen LogP contribution in [0.3, 0.4) is 0 Å². The van der Waals surface area contributed by atoms with E-state index < -0.39 is 0 Å². The van der Waals surface area contributed by atoms with E-state index in [1.165, 1.54) is 0 Å². The first-order chi connectivity index (χ1) is 14.0. The Kier molecular flexibility index (Phi) is 5.03. The lowest BCUT2D eigenvalue weighted by molar-refractivity contribution is 0.0942. The Hall–Kier alpha value is -3.61. The quantitative estimate of drug-likeness (QED) is 0.547. The van der Waals surface area contributed by atoms with Gasteiger partial charge in [-0.3, -0.25) is 14.2 Å². The Labute approximate surface area is 169 Å². The third-order valence-corrected chi connectivity index (χ3v) is 4.94. The van der Waals surface area contributed by atoms with Crippen molar-refractivity contribution in [1.29, 1.82) is 0 Å². The molecule has 0 saturated carbocycles. The average Bonchev–Trinajstić information content (AvgIpc) is 3.43. The highest BCUT2D eigenvalue weighted by Crippen LogP contribution is 2.27. The van der Waals surface area contributed by atoms with Crippen molar-refractivity contribution in [1.82, 2.24) is 24.9 Å². The summed E-state index contributed by atoms with van der Waals surface area (Å²) in [7, 11) is 1.78. The minimum atomic E-state index is -0.157. The Balaban J connectivity index is 1.43. The van der Waals surface area contributed by atoms with Crippen molar-refractivity contribution in [3.63, 3.8) is 0 Å². The summed E-state index contributed by atoms with van der Waals surface area (Å²) >= 11 is 0. The van der Waals surface area contributed by atoms with Gasteiger partial charge in [-0.1, -0.05) is 30.3 Å².